The van der Waals surface area contributed by atoms with Gasteiger partial charge < -0.3 is 19.5 Å². The Morgan fingerprint density at radius 1 is 1.48 bits per heavy atom. The molecule has 1 aliphatic rings. The van der Waals surface area contributed by atoms with E-state index in [1.54, 1.807) is 38.2 Å². The zero-order valence-corrected chi connectivity index (χ0v) is 13.5. The molecule has 6 heteroatoms. The number of carbonyl (C=O) groups is 2. The molecule has 1 fully saturated rings. The maximum atomic E-state index is 12.4. The first kappa shape index (κ1) is 17.3. The molecule has 1 heterocycles. The van der Waals surface area contributed by atoms with Crippen LogP contribution in [0.3, 0.4) is 0 Å². The van der Waals surface area contributed by atoms with E-state index in [1.165, 1.54) is 4.90 Å². The van der Waals surface area contributed by atoms with E-state index in [-0.39, 0.29) is 18.6 Å². The van der Waals surface area contributed by atoms with Crippen molar-refractivity contribution in [3.8, 4) is 5.75 Å². The van der Waals surface area contributed by atoms with Gasteiger partial charge in [0.25, 0.3) is 5.91 Å². The minimum atomic E-state index is -0.918. The second-order valence-electron chi connectivity index (χ2n) is 5.90. The number of rotatable bonds is 7. The van der Waals surface area contributed by atoms with Crippen molar-refractivity contribution in [3.63, 3.8) is 0 Å². The first-order valence-electron chi connectivity index (χ1n) is 7.80. The third kappa shape index (κ3) is 4.96. The van der Waals surface area contributed by atoms with Crippen molar-refractivity contribution in [2.75, 3.05) is 26.8 Å². The molecule has 0 aliphatic carbocycles. The number of ether oxygens (including phenoxy) is 2. The molecule has 0 saturated carbocycles. The van der Waals surface area contributed by atoms with E-state index in [1.807, 2.05) is 0 Å². The summed E-state index contributed by atoms with van der Waals surface area (Å²) in [6.45, 7) is 2.99. The SMILES string of the molecule is C[C@@H](CN(C)C(=O)c1cccc(OC[C@@H]2CCCO2)c1)C(=O)O. The Morgan fingerprint density at radius 3 is 2.91 bits per heavy atom. The van der Waals surface area contributed by atoms with Crippen LogP contribution in [0.2, 0.25) is 0 Å². The van der Waals surface area contributed by atoms with E-state index >= 15 is 0 Å². The van der Waals surface area contributed by atoms with E-state index in [4.69, 9.17) is 14.6 Å². The zero-order chi connectivity index (χ0) is 16.8. The van der Waals surface area contributed by atoms with Crippen molar-refractivity contribution >= 4 is 11.9 Å². The summed E-state index contributed by atoms with van der Waals surface area (Å²) in [7, 11) is 1.60. The Labute approximate surface area is 136 Å². The summed E-state index contributed by atoms with van der Waals surface area (Å²) in [4.78, 5) is 24.7. The Kier molecular flexibility index (Phi) is 5.98. The summed E-state index contributed by atoms with van der Waals surface area (Å²) in [5.41, 5.74) is 0.481. The molecular formula is C17H23NO5. The van der Waals surface area contributed by atoms with Gasteiger partial charge in [0.2, 0.25) is 0 Å². The number of carboxylic acid groups (broad SMARTS) is 1. The van der Waals surface area contributed by atoms with Crippen LogP contribution in [0.25, 0.3) is 0 Å². The van der Waals surface area contributed by atoms with E-state index in [0.717, 1.165) is 19.4 Å². The largest absolute Gasteiger partial charge is 0.491 e. The van der Waals surface area contributed by atoms with Crippen molar-refractivity contribution in [2.24, 2.45) is 5.92 Å². The maximum Gasteiger partial charge on any atom is 0.308 e. The van der Waals surface area contributed by atoms with Crippen molar-refractivity contribution in [3.05, 3.63) is 29.8 Å². The Bertz CT molecular complexity index is 554. The number of hydrogen-bond donors (Lipinski definition) is 1. The number of benzene rings is 1. The second-order valence-corrected chi connectivity index (χ2v) is 5.90. The molecule has 0 radical (unpaired) electrons. The predicted molar refractivity (Wildman–Crippen MR) is 84.7 cm³/mol. The molecule has 1 aromatic rings. The van der Waals surface area contributed by atoms with Gasteiger partial charge in [0.15, 0.2) is 0 Å². The maximum absolute atomic E-state index is 12.4. The van der Waals surface area contributed by atoms with Crippen molar-refractivity contribution in [1.29, 1.82) is 0 Å². The third-order valence-corrected chi connectivity index (χ3v) is 3.86. The van der Waals surface area contributed by atoms with Crippen LogP contribution in [0.15, 0.2) is 24.3 Å². The lowest BCUT2D eigenvalue weighted by Crippen LogP contribution is -2.33. The summed E-state index contributed by atoms with van der Waals surface area (Å²) < 4.78 is 11.2. The summed E-state index contributed by atoms with van der Waals surface area (Å²) >= 11 is 0. The third-order valence-electron chi connectivity index (χ3n) is 3.86. The van der Waals surface area contributed by atoms with E-state index in [2.05, 4.69) is 0 Å². The molecule has 0 aromatic heterocycles. The van der Waals surface area contributed by atoms with E-state index in [0.29, 0.717) is 17.9 Å². The lowest BCUT2D eigenvalue weighted by molar-refractivity contribution is -0.141. The molecule has 6 nitrogen and oxygen atoms in total. The summed E-state index contributed by atoms with van der Waals surface area (Å²) in [5.74, 6) is -1.13. The van der Waals surface area contributed by atoms with Gasteiger partial charge >= 0.3 is 5.97 Å². The van der Waals surface area contributed by atoms with E-state index < -0.39 is 11.9 Å². The number of hydrogen-bond acceptors (Lipinski definition) is 4. The van der Waals surface area contributed by atoms with Gasteiger partial charge in [-0.3, -0.25) is 9.59 Å². The van der Waals surface area contributed by atoms with Crippen LogP contribution in [-0.4, -0.2) is 54.8 Å². The molecule has 1 saturated heterocycles. The lowest BCUT2D eigenvalue weighted by atomic mass is 10.1. The van der Waals surface area contributed by atoms with Crippen molar-refractivity contribution < 1.29 is 24.2 Å². The molecule has 23 heavy (non-hydrogen) atoms. The molecule has 0 unspecified atom stereocenters. The minimum absolute atomic E-state index is 0.119. The van der Waals surface area contributed by atoms with Crippen LogP contribution in [0.1, 0.15) is 30.1 Å². The normalized spacial score (nSPS) is 18.4. The summed E-state index contributed by atoms with van der Waals surface area (Å²) in [6, 6.07) is 6.93. The lowest BCUT2D eigenvalue weighted by Gasteiger charge is -2.20. The highest BCUT2D eigenvalue weighted by Gasteiger charge is 2.19. The molecule has 1 aromatic carbocycles. The van der Waals surface area contributed by atoms with Gasteiger partial charge in [0, 0.05) is 25.8 Å². The fraction of sp³-hybridized carbons (Fsp3) is 0.529. The van der Waals surface area contributed by atoms with Crippen LogP contribution in [-0.2, 0) is 9.53 Å². The Balaban J connectivity index is 1.94. The van der Waals surface area contributed by atoms with E-state index in [9.17, 15) is 9.59 Å². The molecular weight excluding hydrogens is 298 g/mol. The quantitative estimate of drug-likeness (QED) is 0.831. The molecule has 0 spiro atoms. The molecule has 126 valence electrons. The number of aliphatic carboxylic acids is 1. The van der Waals surface area contributed by atoms with Crippen LogP contribution in [0.5, 0.6) is 5.75 Å². The van der Waals surface area contributed by atoms with Gasteiger partial charge in [-0.05, 0) is 31.0 Å². The van der Waals surface area contributed by atoms with Gasteiger partial charge in [-0.1, -0.05) is 13.0 Å². The first-order chi connectivity index (χ1) is 11.0. The fourth-order valence-electron chi connectivity index (χ4n) is 2.48. The van der Waals surface area contributed by atoms with Gasteiger partial charge in [-0.25, -0.2) is 0 Å². The average molecular weight is 321 g/mol. The molecule has 1 amide bonds. The standard InChI is InChI=1S/C17H23NO5/c1-12(17(20)21)10-18(2)16(19)13-5-3-6-14(9-13)23-11-15-7-4-8-22-15/h3,5-6,9,12,15H,4,7-8,10-11H2,1-2H3,(H,20,21)/t12-,15-/m0/s1. The number of nitrogens with zero attached hydrogens (tertiary/aromatic N) is 1. The molecule has 2 atom stereocenters. The highest BCUT2D eigenvalue weighted by molar-refractivity contribution is 5.94. The van der Waals surface area contributed by atoms with Gasteiger partial charge in [0.1, 0.15) is 12.4 Å². The Hall–Kier alpha value is -2.08. The number of carboxylic acids is 1. The van der Waals surface area contributed by atoms with Crippen LogP contribution < -0.4 is 4.74 Å². The number of amides is 1. The van der Waals surface area contributed by atoms with Crippen molar-refractivity contribution in [2.45, 2.75) is 25.9 Å². The first-order valence-corrected chi connectivity index (χ1v) is 7.80. The van der Waals surface area contributed by atoms with Gasteiger partial charge in [-0.2, -0.15) is 0 Å². The average Bonchev–Trinajstić information content (AvgIpc) is 3.05. The highest BCUT2D eigenvalue weighted by atomic mass is 16.5. The van der Waals surface area contributed by atoms with Crippen LogP contribution >= 0.6 is 0 Å². The Morgan fingerprint density at radius 2 is 2.26 bits per heavy atom. The van der Waals surface area contributed by atoms with Gasteiger partial charge in [-0.15, -0.1) is 0 Å². The van der Waals surface area contributed by atoms with Crippen LogP contribution in [0.4, 0.5) is 0 Å². The summed E-state index contributed by atoms with van der Waals surface area (Å²) in [5, 5.41) is 8.93. The number of carbonyl (C=O) groups excluding carboxylic acids is 1. The molecule has 2 rings (SSSR count). The molecule has 0 bridgehead atoms. The van der Waals surface area contributed by atoms with Gasteiger partial charge in [0.05, 0.1) is 12.0 Å². The monoisotopic (exact) mass is 321 g/mol. The molecule has 1 N–H and O–H groups in total. The molecule has 1 aliphatic heterocycles. The topological polar surface area (TPSA) is 76.1 Å². The van der Waals surface area contributed by atoms with Crippen LogP contribution in [0, 0.1) is 5.92 Å². The second kappa shape index (κ2) is 7.97. The zero-order valence-electron chi connectivity index (χ0n) is 13.5. The predicted octanol–water partition coefficient (Wildman–Crippen LogP) is 2.04. The fourth-order valence-corrected chi connectivity index (χ4v) is 2.48. The van der Waals surface area contributed by atoms with Crippen molar-refractivity contribution in [1.82, 2.24) is 4.90 Å². The smallest absolute Gasteiger partial charge is 0.308 e. The minimum Gasteiger partial charge on any atom is -0.491 e. The highest BCUT2D eigenvalue weighted by Crippen LogP contribution is 2.18. The summed E-state index contributed by atoms with van der Waals surface area (Å²) in [6.07, 6.45) is 2.17.